The van der Waals surface area contributed by atoms with E-state index in [1.165, 1.54) is 34.6 Å². The van der Waals surface area contributed by atoms with Crippen molar-refractivity contribution in [2.75, 3.05) is 19.7 Å². The molecular formula is C20H19Cl2NO5S. The van der Waals surface area contributed by atoms with Gasteiger partial charge in [-0.2, -0.15) is 4.31 Å². The molecule has 0 saturated carbocycles. The number of esters is 1. The molecule has 1 fully saturated rings. The van der Waals surface area contributed by atoms with Gasteiger partial charge < -0.3 is 4.74 Å². The molecule has 0 atom stereocenters. The summed E-state index contributed by atoms with van der Waals surface area (Å²) in [6.45, 7) is 0.389. The predicted octanol–water partition coefficient (Wildman–Crippen LogP) is 4.21. The second-order valence-electron chi connectivity index (χ2n) is 6.61. The maximum atomic E-state index is 12.8. The number of hydrogen-bond donors (Lipinski definition) is 0. The Bertz CT molecular complexity index is 1020. The van der Waals surface area contributed by atoms with Crippen molar-refractivity contribution in [3.8, 4) is 0 Å². The molecule has 154 valence electrons. The lowest BCUT2D eigenvalue weighted by molar-refractivity contribution is 0.0474. The summed E-state index contributed by atoms with van der Waals surface area (Å²) in [5.74, 6) is -1.28. The molecule has 1 saturated heterocycles. The number of rotatable bonds is 6. The first-order valence-electron chi connectivity index (χ1n) is 9.04. The fraction of sp³-hybridized carbons (Fsp3) is 0.300. The van der Waals surface area contributed by atoms with Crippen molar-refractivity contribution in [3.05, 3.63) is 63.6 Å². The van der Waals surface area contributed by atoms with Crippen LogP contribution in [-0.4, -0.2) is 44.2 Å². The molecular weight excluding hydrogens is 437 g/mol. The molecule has 0 N–H and O–H groups in total. The van der Waals surface area contributed by atoms with Gasteiger partial charge in [-0.3, -0.25) is 4.79 Å². The van der Waals surface area contributed by atoms with Crippen molar-refractivity contribution in [1.82, 2.24) is 4.31 Å². The van der Waals surface area contributed by atoms with E-state index in [0.717, 1.165) is 19.3 Å². The first-order chi connectivity index (χ1) is 13.8. The highest BCUT2D eigenvalue weighted by Gasteiger charge is 2.27. The van der Waals surface area contributed by atoms with Crippen LogP contribution < -0.4 is 0 Å². The zero-order valence-corrected chi connectivity index (χ0v) is 17.8. The third-order valence-corrected chi connectivity index (χ3v) is 7.09. The number of Topliss-reactive ketones (excluding diaryl/α,β-unsaturated/α-hetero) is 1. The lowest BCUT2D eigenvalue weighted by Crippen LogP contribution is -2.35. The van der Waals surface area contributed by atoms with Crippen LogP contribution in [0.1, 0.15) is 40.0 Å². The number of sulfonamides is 1. The SMILES string of the molecule is O=C(COC(=O)c1cc(S(=O)(=O)N2CCCCC2)ccc1Cl)c1ccc(Cl)cc1. The van der Waals surface area contributed by atoms with E-state index in [4.69, 9.17) is 27.9 Å². The maximum Gasteiger partial charge on any atom is 0.340 e. The summed E-state index contributed by atoms with van der Waals surface area (Å²) in [5.41, 5.74) is 0.239. The minimum Gasteiger partial charge on any atom is -0.454 e. The molecule has 1 aliphatic heterocycles. The van der Waals surface area contributed by atoms with Crippen molar-refractivity contribution in [3.63, 3.8) is 0 Å². The van der Waals surface area contributed by atoms with Gasteiger partial charge in [0, 0.05) is 23.7 Å². The average molecular weight is 456 g/mol. The van der Waals surface area contributed by atoms with E-state index in [1.54, 1.807) is 12.1 Å². The minimum atomic E-state index is -3.73. The Kier molecular flexibility index (Phi) is 6.95. The van der Waals surface area contributed by atoms with Gasteiger partial charge in [0.05, 0.1) is 15.5 Å². The lowest BCUT2D eigenvalue weighted by Gasteiger charge is -2.26. The van der Waals surface area contributed by atoms with Crippen molar-refractivity contribution < 1.29 is 22.7 Å². The molecule has 6 nitrogen and oxygen atoms in total. The molecule has 0 amide bonds. The van der Waals surface area contributed by atoms with E-state index in [0.29, 0.717) is 23.7 Å². The van der Waals surface area contributed by atoms with Crippen LogP contribution in [0.5, 0.6) is 0 Å². The van der Waals surface area contributed by atoms with Gasteiger partial charge in [0.15, 0.2) is 12.4 Å². The molecule has 0 bridgehead atoms. The van der Waals surface area contributed by atoms with E-state index in [-0.39, 0.29) is 15.5 Å². The molecule has 0 radical (unpaired) electrons. The predicted molar refractivity (Wildman–Crippen MR) is 110 cm³/mol. The van der Waals surface area contributed by atoms with Crippen LogP contribution in [0.25, 0.3) is 0 Å². The number of halogens is 2. The van der Waals surface area contributed by atoms with Gasteiger partial charge in [-0.1, -0.05) is 29.6 Å². The summed E-state index contributed by atoms with van der Waals surface area (Å²) in [5, 5.41) is 0.531. The molecule has 0 aromatic heterocycles. The Morgan fingerprint density at radius 2 is 1.62 bits per heavy atom. The summed E-state index contributed by atoms with van der Waals surface area (Å²) in [7, 11) is -3.73. The molecule has 0 aliphatic carbocycles. The van der Waals surface area contributed by atoms with Gasteiger partial charge in [0.25, 0.3) is 0 Å². The quantitative estimate of drug-likeness (QED) is 0.481. The smallest absolute Gasteiger partial charge is 0.340 e. The highest BCUT2D eigenvalue weighted by atomic mass is 35.5. The standard InChI is InChI=1S/C20H19Cl2NO5S/c21-15-6-4-14(5-7-15)19(24)13-28-20(25)17-12-16(8-9-18(17)22)29(26,27)23-10-2-1-3-11-23/h4-9,12H,1-3,10-11,13H2. The molecule has 2 aromatic rings. The number of ether oxygens (including phenoxy) is 1. The molecule has 29 heavy (non-hydrogen) atoms. The Morgan fingerprint density at radius 3 is 2.28 bits per heavy atom. The van der Waals surface area contributed by atoms with E-state index >= 15 is 0 Å². The molecule has 9 heteroatoms. The fourth-order valence-electron chi connectivity index (χ4n) is 3.00. The summed E-state index contributed by atoms with van der Waals surface area (Å²) >= 11 is 11.9. The van der Waals surface area contributed by atoms with Gasteiger partial charge in [0.1, 0.15) is 0 Å². The second-order valence-corrected chi connectivity index (χ2v) is 9.39. The van der Waals surface area contributed by atoms with E-state index in [9.17, 15) is 18.0 Å². The zero-order valence-electron chi connectivity index (χ0n) is 15.4. The molecule has 3 rings (SSSR count). The third-order valence-electron chi connectivity index (χ3n) is 4.61. The highest BCUT2D eigenvalue weighted by molar-refractivity contribution is 7.89. The Balaban J connectivity index is 1.74. The average Bonchev–Trinajstić information content (AvgIpc) is 2.73. The Morgan fingerprint density at radius 1 is 0.966 bits per heavy atom. The van der Waals surface area contributed by atoms with Gasteiger partial charge in [0.2, 0.25) is 10.0 Å². The monoisotopic (exact) mass is 455 g/mol. The number of carbonyl (C=O) groups excluding carboxylic acids is 2. The maximum absolute atomic E-state index is 12.8. The van der Waals surface area contributed by atoms with E-state index in [1.807, 2.05) is 0 Å². The van der Waals surface area contributed by atoms with Crippen LogP contribution in [-0.2, 0) is 14.8 Å². The molecule has 1 heterocycles. The highest BCUT2D eigenvalue weighted by Crippen LogP contribution is 2.25. The summed E-state index contributed by atoms with van der Waals surface area (Å²) in [6.07, 6.45) is 2.59. The lowest BCUT2D eigenvalue weighted by atomic mass is 10.1. The minimum absolute atomic E-state index is 0.0280. The first-order valence-corrected chi connectivity index (χ1v) is 11.2. The Hall–Kier alpha value is -1.93. The number of nitrogens with zero attached hydrogens (tertiary/aromatic N) is 1. The van der Waals surface area contributed by atoms with Gasteiger partial charge in [-0.15, -0.1) is 0 Å². The van der Waals surface area contributed by atoms with E-state index < -0.39 is 28.4 Å². The number of ketones is 1. The largest absolute Gasteiger partial charge is 0.454 e. The molecule has 1 aliphatic rings. The fourth-order valence-corrected chi connectivity index (χ4v) is 4.87. The molecule has 0 spiro atoms. The summed E-state index contributed by atoms with van der Waals surface area (Å²) < 4.78 is 32.1. The van der Waals surface area contributed by atoms with Crippen LogP contribution in [0, 0.1) is 0 Å². The van der Waals surface area contributed by atoms with Crippen LogP contribution in [0.2, 0.25) is 10.0 Å². The Labute approximate surface area is 179 Å². The number of carbonyl (C=O) groups is 2. The molecule has 2 aromatic carbocycles. The molecule has 0 unspecified atom stereocenters. The van der Waals surface area contributed by atoms with Crippen LogP contribution in [0.4, 0.5) is 0 Å². The summed E-state index contributed by atoms with van der Waals surface area (Å²) in [6, 6.07) is 10.1. The second kappa shape index (κ2) is 9.26. The zero-order chi connectivity index (χ0) is 21.0. The van der Waals surface area contributed by atoms with Crippen molar-refractivity contribution in [2.45, 2.75) is 24.2 Å². The van der Waals surface area contributed by atoms with Crippen LogP contribution in [0.3, 0.4) is 0 Å². The first kappa shape index (κ1) is 21.8. The van der Waals surface area contributed by atoms with Crippen molar-refractivity contribution >= 4 is 45.0 Å². The summed E-state index contributed by atoms with van der Waals surface area (Å²) in [4.78, 5) is 24.5. The van der Waals surface area contributed by atoms with E-state index in [2.05, 4.69) is 0 Å². The van der Waals surface area contributed by atoms with Crippen LogP contribution >= 0.6 is 23.2 Å². The van der Waals surface area contributed by atoms with Crippen molar-refractivity contribution in [1.29, 1.82) is 0 Å². The third kappa shape index (κ3) is 5.17. The van der Waals surface area contributed by atoms with Gasteiger partial charge in [-0.05, 0) is 55.3 Å². The van der Waals surface area contributed by atoms with Gasteiger partial charge >= 0.3 is 5.97 Å². The number of hydrogen-bond acceptors (Lipinski definition) is 5. The van der Waals surface area contributed by atoms with Crippen LogP contribution in [0.15, 0.2) is 47.4 Å². The van der Waals surface area contributed by atoms with Crippen molar-refractivity contribution in [2.24, 2.45) is 0 Å². The normalized spacial score (nSPS) is 15.1. The number of piperidine rings is 1. The van der Waals surface area contributed by atoms with Gasteiger partial charge in [-0.25, -0.2) is 13.2 Å². The topological polar surface area (TPSA) is 80.8 Å². The number of benzene rings is 2.